The minimum Gasteiger partial charge on any atom is -0.327 e. The molecule has 1 aromatic carbocycles. The van der Waals surface area contributed by atoms with Gasteiger partial charge in [-0.25, -0.2) is 0 Å². The lowest BCUT2D eigenvalue weighted by atomic mass is 9.76. The number of nitrogens with two attached hydrogens (primary N) is 1. The molecule has 1 saturated carbocycles. The Kier molecular flexibility index (Phi) is 2.50. The molecule has 1 nitrogen and oxygen atoms in total. The van der Waals surface area contributed by atoms with Crippen LogP contribution in [0.3, 0.4) is 0 Å². The zero-order chi connectivity index (χ0) is 9.42. The summed E-state index contributed by atoms with van der Waals surface area (Å²) in [5.74, 6) is 0.435. The predicted molar refractivity (Wildman–Crippen MR) is 56.4 cm³/mol. The van der Waals surface area contributed by atoms with E-state index in [1.165, 1.54) is 0 Å². The van der Waals surface area contributed by atoms with Gasteiger partial charge in [0.15, 0.2) is 0 Å². The maximum atomic E-state index is 6.06. The fraction of sp³-hybridized carbons (Fsp3) is 0.400. The van der Waals surface area contributed by atoms with Crippen molar-refractivity contribution in [2.75, 3.05) is 0 Å². The average molecular weight is 216 g/mol. The van der Waals surface area contributed by atoms with Crippen LogP contribution < -0.4 is 5.73 Å². The molecule has 0 bridgehead atoms. The molecule has 70 valence electrons. The van der Waals surface area contributed by atoms with Crippen LogP contribution in [0.5, 0.6) is 0 Å². The van der Waals surface area contributed by atoms with E-state index in [0.29, 0.717) is 10.9 Å². The molecule has 0 saturated heterocycles. The SMILES string of the molecule is N[C@H]1CCC1c1ccc(Cl)cc1Cl. The molecule has 2 N–H and O–H groups in total. The molecule has 13 heavy (non-hydrogen) atoms. The van der Waals surface area contributed by atoms with E-state index in [4.69, 9.17) is 28.9 Å². The zero-order valence-electron chi connectivity index (χ0n) is 7.13. The summed E-state index contributed by atoms with van der Waals surface area (Å²) in [6.07, 6.45) is 2.24. The molecule has 0 spiro atoms. The Morgan fingerprint density at radius 2 is 2.00 bits per heavy atom. The van der Waals surface area contributed by atoms with Crippen molar-refractivity contribution in [3.05, 3.63) is 33.8 Å². The van der Waals surface area contributed by atoms with Crippen LogP contribution in [0.25, 0.3) is 0 Å². The fourth-order valence-corrected chi connectivity index (χ4v) is 2.26. The molecular formula is C10H11Cl2N. The summed E-state index contributed by atoms with van der Waals surface area (Å²) in [6.45, 7) is 0. The highest BCUT2D eigenvalue weighted by Gasteiger charge is 2.30. The van der Waals surface area contributed by atoms with E-state index in [-0.39, 0.29) is 6.04 Å². The smallest absolute Gasteiger partial charge is 0.0456 e. The first-order chi connectivity index (χ1) is 6.18. The average Bonchev–Trinajstić information content (AvgIpc) is 2.07. The van der Waals surface area contributed by atoms with Gasteiger partial charge >= 0.3 is 0 Å². The standard InChI is InChI=1S/C10H11Cl2N/c11-6-1-2-7(9(12)5-6)8-3-4-10(8)13/h1-2,5,8,10H,3-4,13H2/t8?,10-/m0/s1. The van der Waals surface area contributed by atoms with E-state index in [0.717, 1.165) is 23.4 Å². The first-order valence-electron chi connectivity index (χ1n) is 4.39. The Balaban J connectivity index is 2.30. The largest absolute Gasteiger partial charge is 0.327 e. The number of hydrogen-bond acceptors (Lipinski definition) is 1. The Hall–Kier alpha value is -0.240. The molecule has 1 fully saturated rings. The summed E-state index contributed by atoms with van der Waals surface area (Å²) in [5, 5.41) is 1.43. The van der Waals surface area contributed by atoms with Crippen molar-refractivity contribution in [2.24, 2.45) is 5.73 Å². The van der Waals surface area contributed by atoms with Crippen LogP contribution in [-0.2, 0) is 0 Å². The van der Waals surface area contributed by atoms with Crippen molar-refractivity contribution >= 4 is 23.2 Å². The van der Waals surface area contributed by atoms with Gasteiger partial charge in [-0.3, -0.25) is 0 Å². The maximum absolute atomic E-state index is 6.06. The third kappa shape index (κ3) is 1.69. The van der Waals surface area contributed by atoms with Gasteiger partial charge in [0, 0.05) is 22.0 Å². The van der Waals surface area contributed by atoms with Crippen LogP contribution in [0, 0.1) is 0 Å². The summed E-state index contributed by atoms with van der Waals surface area (Å²) in [5.41, 5.74) is 7.01. The molecule has 0 aromatic heterocycles. The molecule has 2 atom stereocenters. The molecular weight excluding hydrogens is 205 g/mol. The predicted octanol–water partition coefficient (Wildman–Crippen LogP) is 3.20. The minimum atomic E-state index is 0.277. The number of halogens is 2. The van der Waals surface area contributed by atoms with Crippen LogP contribution in [0.1, 0.15) is 24.3 Å². The van der Waals surface area contributed by atoms with E-state index >= 15 is 0 Å². The summed E-state index contributed by atoms with van der Waals surface area (Å²) >= 11 is 11.9. The maximum Gasteiger partial charge on any atom is 0.0456 e. The summed E-state index contributed by atoms with van der Waals surface area (Å²) in [4.78, 5) is 0. The summed E-state index contributed by atoms with van der Waals surface area (Å²) < 4.78 is 0. The molecule has 0 amide bonds. The number of benzene rings is 1. The molecule has 0 radical (unpaired) electrons. The minimum absolute atomic E-state index is 0.277. The Morgan fingerprint density at radius 1 is 1.23 bits per heavy atom. The van der Waals surface area contributed by atoms with E-state index in [9.17, 15) is 0 Å². The quantitative estimate of drug-likeness (QED) is 0.766. The van der Waals surface area contributed by atoms with Gasteiger partial charge in [0.05, 0.1) is 0 Å². The third-order valence-corrected chi connectivity index (χ3v) is 3.25. The first kappa shape index (κ1) is 9.32. The van der Waals surface area contributed by atoms with Crippen LogP contribution in [0.2, 0.25) is 10.0 Å². The number of hydrogen-bond donors (Lipinski definition) is 1. The molecule has 1 aliphatic carbocycles. The van der Waals surface area contributed by atoms with Crippen LogP contribution in [-0.4, -0.2) is 6.04 Å². The highest BCUT2D eigenvalue weighted by molar-refractivity contribution is 6.35. The third-order valence-electron chi connectivity index (χ3n) is 2.69. The monoisotopic (exact) mass is 215 g/mol. The van der Waals surface area contributed by atoms with Crippen molar-refractivity contribution in [1.82, 2.24) is 0 Å². The van der Waals surface area contributed by atoms with Crippen molar-refractivity contribution in [3.63, 3.8) is 0 Å². The van der Waals surface area contributed by atoms with E-state index in [1.54, 1.807) is 6.07 Å². The normalized spacial score (nSPS) is 27.0. The van der Waals surface area contributed by atoms with Crippen LogP contribution >= 0.6 is 23.2 Å². The fourth-order valence-electron chi connectivity index (χ4n) is 1.71. The van der Waals surface area contributed by atoms with Gasteiger partial charge in [0.1, 0.15) is 0 Å². The van der Waals surface area contributed by atoms with Crippen molar-refractivity contribution in [1.29, 1.82) is 0 Å². The lowest BCUT2D eigenvalue weighted by molar-refractivity contribution is 0.347. The molecule has 0 aliphatic heterocycles. The van der Waals surface area contributed by atoms with Crippen molar-refractivity contribution in [3.8, 4) is 0 Å². The van der Waals surface area contributed by atoms with Gasteiger partial charge in [-0.2, -0.15) is 0 Å². The molecule has 1 aliphatic rings. The van der Waals surface area contributed by atoms with E-state index < -0.39 is 0 Å². The second-order valence-electron chi connectivity index (χ2n) is 3.51. The molecule has 1 unspecified atom stereocenters. The van der Waals surface area contributed by atoms with Gasteiger partial charge in [-0.05, 0) is 30.5 Å². The van der Waals surface area contributed by atoms with Crippen LogP contribution in [0.15, 0.2) is 18.2 Å². The second-order valence-corrected chi connectivity index (χ2v) is 4.36. The van der Waals surface area contributed by atoms with Crippen molar-refractivity contribution < 1.29 is 0 Å². The topological polar surface area (TPSA) is 26.0 Å². The van der Waals surface area contributed by atoms with Gasteiger partial charge in [-0.1, -0.05) is 29.3 Å². The van der Waals surface area contributed by atoms with Gasteiger partial charge in [0.2, 0.25) is 0 Å². The van der Waals surface area contributed by atoms with E-state index in [1.807, 2.05) is 12.1 Å². The van der Waals surface area contributed by atoms with Crippen molar-refractivity contribution in [2.45, 2.75) is 24.8 Å². The van der Waals surface area contributed by atoms with Gasteiger partial charge < -0.3 is 5.73 Å². The highest BCUT2D eigenvalue weighted by Crippen LogP contribution is 2.39. The second kappa shape index (κ2) is 3.49. The lowest BCUT2D eigenvalue weighted by Gasteiger charge is -2.34. The molecule has 2 rings (SSSR count). The van der Waals surface area contributed by atoms with Gasteiger partial charge in [0.25, 0.3) is 0 Å². The van der Waals surface area contributed by atoms with E-state index in [2.05, 4.69) is 0 Å². The first-order valence-corrected chi connectivity index (χ1v) is 5.14. The highest BCUT2D eigenvalue weighted by atomic mass is 35.5. The van der Waals surface area contributed by atoms with Crippen LogP contribution in [0.4, 0.5) is 0 Å². The molecule has 0 heterocycles. The Bertz CT molecular complexity index is 325. The summed E-state index contributed by atoms with van der Waals surface area (Å²) in [7, 11) is 0. The van der Waals surface area contributed by atoms with Gasteiger partial charge in [-0.15, -0.1) is 0 Å². The Labute approximate surface area is 87.8 Å². The summed E-state index contributed by atoms with van der Waals surface area (Å²) in [6, 6.07) is 5.91. The molecule has 3 heteroatoms. The Morgan fingerprint density at radius 3 is 2.46 bits per heavy atom. The lowest BCUT2D eigenvalue weighted by Crippen LogP contribution is -2.37. The molecule has 1 aromatic rings. The number of rotatable bonds is 1. The zero-order valence-corrected chi connectivity index (χ0v) is 8.65.